The van der Waals surface area contributed by atoms with Crippen LogP contribution in [-0.4, -0.2) is 30.3 Å². The van der Waals surface area contributed by atoms with Crippen LogP contribution in [0.1, 0.15) is 51.6 Å². The van der Waals surface area contributed by atoms with Crippen molar-refractivity contribution in [3.05, 3.63) is 99.7 Å². The molecule has 1 heterocycles. The van der Waals surface area contributed by atoms with E-state index in [2.05, 4.69) is 10.6 Å². The molecule has 0 aliphatic carbocycles. The fraction of sp³-hybridized carbons (Fsp3) is 0.200. The Bertz CT molecular complexity index is 1460. The largest absolute Gasteiger partial charge is 0.462 e. The maximum atomic E-state index is 13.2. The number of nitrogens with zero attached hydrogens (tertiary/aromatic N) is 1. The van der Waals surface area contributed by atoms with Crippen LogP contribution in [0.15, 0.2) is 77.5 Å². The van der Waals surface area contributed by atoms with Gasteiger partial charge in [-0.2, -0.15) is 0 Å². The summed E-state index contributed by atoms with van der Waals surface area (Å²) < 4.78 is 5.20. The molecule has 0 fully saturated rings. The van der Waals surface area contributed by atoms with E-state index in [0.717, 1.165) is 28.9 Å². The van der Waals surface area contributed by atoms with Crippen molar-refractivity contribution in [2.24, 2.45) is 0 Å². The van der Waals surface area contributed by atoms with Crippen molar-refractivity contribution in [3.8, 4) is 0 Å². The Labute approximate surface area is 231 Å². The highest BCUT2D eigenvalue weighted by molar-refractivity contribution is 6.53. The van der Waals surface area contributed by atoms with E-state index in [1.165, 1.54) is 0 Å². The molecule has 3 amide bonds. The SMILES string of the molecule is CCCCOC(=O)c1ccc(NC(=O)c2cccc(NC3=C(Cl)C(=O)N(c4cc(C)cc(C)c4)C3=O)c2)cc1. The highest BCUT2D eigenvalue weighted by Gasteiger charge is 2.39. The van der Waals surface area contributed by atoms with Crippen molar-refractivity contribution in [1.29, 1.82) is 0 Å². The van der Waals surface area contributed by atoms with Gasteiger partial charge in [0.25, 0.3) is 17.7 Å². The van der Waals surface area contributed by atoms with Gasteiger partial charge < -0.3 is 15.4 Å². The first-order chi connectivity index (χ1) is 18.7. The summed E-state index contributed by atoms with van der Waals surface area (Å²) in [5.74, 6) is -2.02. The Morgan fingerprint density at radius 3 is 2.23 bits per heavy atom. The summed E-state index contributed by atoms with van der Waals surface area (Å²) in [5.41, 5.74) is 3.78. The molecular formula is C30H28ClN3O5. The third-order valence-electron chi connectivity index (χ3n) is 6.00. The number of amides is 3. The second-order valence-electron chi connectivity index (χ2n) is 9.21. The van der Waals surface area contributed by atoms with E-state index in [1.807, 2.05) is 26.8 Å². The molecule has 3 aromatic carbocycles. The van der Waals surface area contributed by atoms with Crippen LogP contribution in [-0.2, 0) is 14.3 Å². The van der Waals surface area contributed by atoms with Gasteiger partial charge in [-0.05, 0) is 86.0 Å². The highest BCUT2D eigenvalue weighted by atomic mass is 35.5. The molecule has 3 aromatic rings. The van der Waals surface area contributed by atoms with Crippen molar-refractivity contribution in [3.63, 3.8) is 0 Å². The quantitative estimate of drug-likeness (QED) is 0.196. The molecule has 2 N–H and O–H groups in total. The summed E-state index contributed by atoms with van der Waals surface area (Å²) in [6, 6.07) is 18.3. The fourth-order valence-corrected chi connectivity index (χ4v) is 4.31. The molecule has 0 atom stereocenters. The number of carbonyl (C=O) groups is 4. The number of unbranched alkanes of at least 4 members (excludes halogenated alkanes) is 1. The summed E-state index contributed by atoms with van der Waals surface area (Å²) in [4.78, 5) is 52.0. The molecule has 39 heavy (non-hydrogen) atoms. The molecule has 0 unspecified atom stereocenters. The summed E-state index contributed by atoms with van der Waals surface area (Å²) in [6.45, 7) is 6.13. The maximum Gasteiger partial charge on any atom is 0.338 e. The van der Waals surface area contributed by atoms with Crippen LogP contribution in [0.25, 0.3) is 0 Å². The van der Waals surface area contributed by atoms with Crippen LogP contribution >= 0.6 is 11.6 Å². The minimum absolute atomic E-state index is 0.0696. The van der Waals surface area contributed by atoms with Gasteiger partial charge in [-0.1, -0.05) is 37.1 Å². The zero-order valence-corrected chi connectivity index (χ0v) is 22.6. The smallest absolute Gasteiger partial charge is 0.338 e. The number of imide groups is 1. The van der Waals surface area contributed by atoms with Crippen molar-refractivity contribution in [2.45, 2.75) is 33.6 Å². The fourth-order valence-electron chi connectivity index (χ4n) is 4.09. The number of nitrogens with one attached hydrogen (secondary N) is 2. The van der Waals surface area contributed by atoms with E-state index in [4.69, 9.17) is 16.3 Å². The molecular weight excluding hydrogens is 518 g/mol. The van der Waals surface area contributed by atoms with Crippen molar-refractivity contribution >= 4 is 52.4 Å². The number of anilines is 3. The summed E-state index contributed by atoms with van der Waals surface area (Å²) in [7, 11) is 0. The Morgan fingerprint density at radius 2 is 1.56 bits per heavy atom. The monoisotopic (exact) mass is 545 g/mol. The second-order valence-corrected chi connectivity index (χ2v) is 9.59. The molecule has 0 aromatic heterocycles. The van der Waals surface area contributed by atoms with Gasteiger partial charge in [-0.15, -0.1) is 0 Å². The maximum absolute atomic E-state index is 13.2. The van der Waals surface area contributed by atoms with Crippen LogP contribution in [0.4, 0.5) is 17.1 Å². The lowest BCUT2D eigenvalue weighted by Crippen LogP contribution is -2.32. The molecule has 200 valence electrons. The van der Waals surface area contributed by atoms with Crippen molar-refractivity contribution in [2.75, 3.05) is 22.1 Å². The zero-order chi connectivity index (χ0) is 28.1. The number of ether oxygens (including phenoxy) is 1. The normalized spacial score (nSPS) is 13.1. The number of hydrogen-bond donors (Lipinski definition) is 2. The van der Waals surface area contributed by atoms with Gasteiger partial charge in [0.15, 0.2) is 0 Å². The first-order valence-electron chi connectivity index (χ1n) is 12.5. The molecule has 1 aliphatic heterocycles. The van der Waals surface area contributed by atoms with E-state index in [-0.39, 0.29) is 10.7 Å². The lowest BCUT2D eigenvalue weighted by molar-refractivity contribution is -0.120. The van der Waals surface area contributed by atoms with E-state index in [1.54, 1.807) is 60.7 Å². The standard InChI is InChI=1S/C30H28ClN3O5/c1-4-5-13-39-30(38)20-9-11-22(12-10-20)33-27(35)21-7-6-8-23(17-21)32-26-25(31)28(36)34(29(26)37)24-15-18(2)14-19(3)16-24/h6-12,14-17,32H,4-5,13H2,1-3H3,(H,33,35). The van der Waals surface area contributed by atoms with Crippen molar-refractivity contribution < 1.29 is 23.9 Å². The Kier molecular flexibility index (Phi) is 8.46. The highest BCUT2D eigenvalue weighted by Crippen LogP contribution is 2.31. The molecule has 0 radical (unpaired) electrons. The molecule has 0 bridgehead atoms. The minimum atomic E-state index is -0.624. The summed E-state index contributed by atoms with van der Waals surface area (Å²) in [5, 5.41) is 5.45. The predicted octanol–water partition coefficient (Wildman–Crippen LogP) is 5.95. The van der Waals surface area contributed by atoms with Gasteiger partial charge in [-0.3, -0.25) is 14.4 Å². The first kappa shape index (κ1) is 27.6. The van der Waals surface area contributed by atoms with E-state index in [0.29, 0.717) is 34.8 Å². The lowest BCUT2D eigenvalue weighted by atomic mass is 10.1. The Hall–Kier alpha value is -4.43. The number of hydrogen-bond acceptors (Lipinski definition) is 6. The van der Waals surface area contributed by atoms with E-state index in [9.17, 15) is 19.2 Å². The Balaban J connectivity index is 1.44. The van der Waals surface area contributed by atoms with Gasteiger partial charge in [-0.25, -0.2) is 9.69 Å². The Morgan fingerprint density at radius 1 is 0.872 bits per heavy atom. The molecule has 0 saturated heterocycles. The lowest BCUT2D eigenvalue weighted by Gasteiger charge is -2.16. The third kappa shape index (κ3) is 6.35. The van der Waals surface area contributed by atoms with E-state index >= 15 is 0 Å². The molecule has 0 spiro atoms. The van der Waals surface area contributed by atoms with Crippen LogP contribution in [0.3, 0.4) is 0 Å². The first-order valence-corrected chi connectivity index (χ1v) is 12.9. The second kappa shape index (κ2) is 12.0. The van der Waals surface area contributed by atoms with E-state index < -0.39 is 23.7 Å². The molecule has 9 heteroatoms. The van der Waals surface area contributed by atoms with Gasteiger partial charge >= 0.3 is 5.97 Å². The van der Waals surface area contributed by atoms with Crippen LogP contribution < -0.4 is 15.5 Å². The van der Waals surface area contributed by atoms with Gasteiger partial charge in [0.2, 0.25) is 0 Å². The summed E-state index contributed by atoms with van der Waals surface area (Å²) in [6.07, 6.45) is 1.73. The number of esters is 1. The number of aryl methyl sites for hydroxylation is 2. The summed E-state index contributed by atoms with van der Waals surface area (Å²) >= 11 is 6.27. The molecule has 8 nitrogen and oxygen atoms in total. The third-order valence-corrected chi connectivity index (χ3v) is 6.35. The predicted molar refractivity (Wildman–Crippen MR) is 151 cm³/mol. The molecule has 0 saturated carbocycles. The van der Waals surface area contributed by atoms with Crippen LogP contribution in [0.2, 0.25) is 0 Å². The average molecular weight is 546 g/mol. The number of rotatable bonds is 9. The van der Waals surface area contributed by atoms with Crippen molar-refractivity contribution in [1.82, 2.24) is 0 Å². The topological polar surface area (TPSA) is 105 Å². The molecule has 4 rings (SSSR count). The average Bonchev–Trinajstić information content (AvgIpc) is 3.11. The van der Waals surface area contributed by atoms with Gasteiger partial charge in [0, 0.05) is 16.9 Å². The number of halogens is 1. The minimum Gasteiger partial charge on any atom is -0.462 e. The number of carbonyl (C=O) groups excluding carboxylic acids is 4. The molecule has 1 aliphatic rings. The van der Waals surface area contributed by atoms with Gasteiger partial charge in [0.1, 0.15) is 10.7 Å². The zero-order valence-electron chi connectivity index (χ0n) is 21.8. The van der Waals surface area contributed by atoms with Crippen LogP contribution in [0.5, 0.6) is 0 Å². The van der Waals surface area contributed by atoms with Crippen LogP contribution in [0, 0.1) is 13.8 Å². The van der Waals surface area contributed by atoms with Gasteiger partial charge in [0.05, 0.1) is 17.9 Å². The number of benzene rings is 3.